The molecule has 0 aliphatic rings. The van der Waals surface area contributed by atoms with Gasteiger partial charge in [0.25, 0.3) is 0 Å². The first-order valence-corrected chi connectivity index (χ1v) is 7.51. The molecule has 0 radical (unpaired) electrons. The van der Waals surface area contributed by atoms with Gasteiger partial charge in [0, 0.05) is 17.5 Å². The molecule has 0 bridgehead atoms. The van der Waals surface area contributed by atoms with Gasteiger partial charge in [-0.15, -0.1) is 0 Å². The van der Waals surface area contributed by atoms with E-state index in [-0.39, 0.29) is 15.7 Å². The van der Waals surface area contributed by atoms with E-state index in [2.05, 4.69) is 15.3 Å². The summed E-state index contributed by atoms with van der Waals surface area (Å²) in [6.07, 6.45) is 1.34. The number of anilines is 2. The van der Waals surface area contributed by atoms with Gasteiger partial charge < -0.3 is 10.1 Å². The van der Waals surface area contributed by atoms with Crippen LogP contribution in [0, 0.1) is 5.82 Å². The molecule has 4 N–H and O–H groups in total. The fourth-order valence-corrected chi connectivity index (χ4v) is 2.54. The molecule has 0 saturated heterocycles. The minimum atomic E-state index is -0.682. The average molecular weight is 370 g/mol. The molecule has 0 unspecified atom stereocenters. The van der Waals surface area contributed by atoms with Crippen LogP contribution in [-0.4, -0.2) is 22.3 Å². The highest BCUT2D eigenvalue weighted by molar-refractivity contribution is 6.42. The first kappa shape index (κ1) is 16.7. The van der Waals surface area contributed by atoms with E-state index >= 15 is 0 Å². The lowest BCUT2D eigenvalue weighted by Gasteiger charge is -2.11. The maximum atomic E-state index is 14.2. The van der Waals surface area contributed by atoms with Crippen LogP contribution in [-0.2, 0) is 0 Å². The Labute approximate surface area is 146 Å². The molecule has 2 aromatic carbocycles. The maximum Gasteiger partial charge on any atom is 0.204 e. The van der Waals surface area contributed by atoms with Crippen LogP contribution in [0.3, 0.4) is 0 Å². The van der Waals surface area contributed by atoms with Crippen LogP contribution in [0.4, 0.5) is 21.6 Å². The Morgan fingerprint density at radius 3 is 2.75 bits per heavy atom. The van der Waals surface area contributed by atoms with Crippen molar-refractivity contribution in [2.24, 2.45) is 0 Å². The molecule has 24 heavy (non-hydrogen) atoms. The quantitative estimate of drug-likeness (QED) is 0.372. The third-order valence-electron chi connectivity index (χ3n) is 3.41. The Hall–Kier alpha value is -2.19. The van der Waals surface area contributed by atoms with Crippen LogP contribution >= 0.6 is 23.2 Å². The first-order valence-electron chi connectivity index (χ1n) is 6.76. The number of halogens is 3. The average Bonchev–Trinajstić information content (AvgIpc) is 2.61. The number of fused-ring (bicyclic) bond motifs is 1. The zero-order chi connectivity index (χ0) is 17.3. The third-order valence-corrected chi connectivity index (χ3v) is 4.20. The van der Waals surface area contributed by atoms with Crippen molar-refractivity contribution in [3.8, 4) is 5.75 Å². The molecule has 3 rings (SSSR count). The Kier molecular flexibility index (Phi) is 4.68. The highest BCUT2D eigenvalue weighted by Gasteiger charge is 2.15. The van der Waals surface area contributed by atoms with Gasteiger partial charge in [0.15, 0.2) is 11.6 Å². The van der Waals surface area contributed by atoms with Gasteiger partial charge in [0.2, 0.25) is 5.69 Å². The van der Waals surface area contributed by atoms with Crippen molar-refractivity contribution in [2.75, 3.05) is 12.4 Å². The summed E-state index contributed by atoms with van der Waals surface area (Å²) < 4.78 is 19.4. The van der Waals surface area contributed by atoms with E-state index in [4.69, 9.17) is 27.9 Å². The Morgan fingerprint density at radius 1 is 1.25 bits per heavy atom. The van der Waals surface area contributed by atoms with E-state index in [1.807, 2.05) is 0 Å². The molecule has 0 amide bonds. The van der Waals surface area contributed by atoms with E-state index in [1.54, 1.807) is 12.1 Å². The molecule has 9 heteroatoms. The Balaban J connectivity index is 2.12. The third kappa shape index (κ3) is 2.94. The lowest BCUT2D eigenvalue weighted by atomic mass is 10.2. The van der Waals surface area contributed by atoms with Crippen LogP contribution in [0.1, 0.15) is 0 Å². The SMILES string of the molecule is COc1cc2ncnc(Nc3ccc(Cl)c(Cl)c3F)c2cc1[NH2+]O. The van der Waals surface area contributed by atoms with Gasteiger partial charge in [-0.2, -0.15) is 5.48 Å². The first-order chi connectivity index (χ1) is 11.5. The van der Waals surface area contributed by atoms with Crippen LogP contribution in [0.25, 0.3) is 10.9 Å². The largest absolute Gasteiger partial charge is 0.491 e. The normalized spacial score (nSPS) is 10.9. The zero-order valence-electron chi connectivity index (χ0n) is 12.3. The summed E-state index contributed by atoms with van der Waals surface area (Å²) in [5.41, 5.74) is 2.04. The number of hydrogen-bond donors (Lipinski definition) is 3. The molecule has 0 atom stereocenters. The second-order valence-corrected chi connectivity index (χ2v) is 5.60. The molecule has 3 aromatic rings. The predicted octanol–water partition coefficient (Wildman–Crippen LogP) is 3.41. The number of methoxy groups -OCH3 is 1. The second-order valence-electron chi connectivity index (χ2n) is 4.81. The lowest BCUT2D eigenvalue weighted by molar-refractivity contribution is -0.825. The van der Waals surface area contributed by atoms with Gasteiger partial charge in [0.1, 0.15) is 12.1 Å². The number of aromatic nitrogens is 2. The molecule has 6 nitrogen and oxygen atoms in total. The van der Waals surface area contributed by atoms with Crippen LogP contribution in [0.15, 0.2) is 30.6 Å². The van der Waals surface area contributed by atoms with Crippen molar-refractivity contribution in [1.29, 1.82) is 0 Å². The standard InChI is InChI=1S/C15H11Cl2FN4O2/c1-24-12-5-10-7(4-11(12)22-23)15(20-6-19-10)21-9-3-2-8(16)13(17)14(9)18/h2-6,22-23H,1H3,(H,19,20,21)/p+1. The molecule has 0 fully saturated rings. The number of hydrogen-bond acceptors (Lipinski definition) is 5. The minimum absolute atomic E-state index is 0.120. The van der Waals surface area contributed by atoms with Crippen molar-refractivity contribution in [2.45, 2.75) is 0 Å². The highest BCUT2D eigenvalue weighted by atomic mass is 35.5. The molecular weight excluding hydrogens is 358 g/mol. The molecule has 0 saturated carbocycles. The summed E-state index contributed by atoms with van der Waals surface area (Å²) in [7, 11) is 1.49. The van der Waals surface area contributed by atoms with Gasteiger partial charge in [-0.25, -0.2) is 19.6 Å². The van der Waals surface area contributed by atoms with Gasteiger partial charge in [0.05, 0.1) is 28.4 Å². The molecule has 124 valence electrons. The molecule has 0 aliphatic heterocycles. The zero-order valence-corrected chi connectivity index (χ0v) is 13.9. The maximum absolute atomic E-state index is 14.2. The highest BCUT2D eigenvalue weighted by Crippen LogP contribution is 2.34. The van der Waals surface area contributed by atoms with Crippen molar-refractivity contribution in [1.82, 2.24) is 9.97 Å². The van der Waals surface area contributed by atoms with Gasteiger partial charge >= 0.3 is 0 Å². The van der Waals surface area contributed by atoms with E-state index < -0.39 is 5.82 Å². The number of ether oxygens (including phenoxy) is 1. The topological polar surface area (TPSA) is 83.9 Å². The summed E-state index contributed by atoms with van der Waals surface area (Å²) >= 11 is 11.6. The summed E-state index contributed by atoms with van der Waals surface area (Å²) in [6, 6.07) is 6.22. The van der Waals surface area contributed by atoms with Crippen molar-refractivity contribution in [3.63, 3.8) is 0 Å². The van der Waals surface area contributed by atoms with Gasteiger partial charge in [-0.3, -0.25) is 0 Å². The number of benzene rings is 2. The molecule has 1 heterocycles. The number of nitrogens with two attached hydrogens (primary N) is 1. The molecule has 0 aliphatic carbocycles. The number of quaternary nitrogens is 1. The van der Waals surface area contributed by atoms with Crippen LogP contribution in [0.5, 0.6) is 5.75 Å². The number of nitrogens with zero attached hydrogens (tertiary/aromatic N) is 2. The fourth-order valence-electron chi connectivity index (χ4n) is 2.23. The van der Waals surface area contributed by atoms with Gasteiger partial charge in [-0.05, 0) is 12.1 Å². The second kappa shape index (κ2) is 6.74. The molecule has 0 spiro atoms. The summed E-state index contributed by atoms with van der Waals surface area (Å²) in [6.45, 7) is 0. The van der Waals surface area contributed by atoms with Crippen LogP contribution < -0.4 is 15.5 Å². The number of nitrogens with one attached hydrogen (secondary N) is 1. The summed E-state index contributed by atoms with van der Waals surface area (Å²) in [5.74, 6) is 0.122. The smallest absolute Gasteiger partial charge is 0.204 e. The number of rotatable bonds is 4. The van der Waals surface area contributed by atoms with Crippen molar-refractivity contribution >= 4 is 51.3 Å². The molecular formula is C15H12Cl2FN4O2+. The molecule has 1 aromatic heterocycles. The van der Waals surface area contributed by atoms with E-state index in [9.17, 15) is 9.60 Å². The predicted molar refractivity (Wildman–Crippen MR) is 89.2 cm³/mol. The minimum Gasteiger partial charge on any atom is -0.491 e. The van der Waals surface area contributed by atoms with Crippen molar-refractivity contribution in [3.05, 3.63) is 46.5 Å². The van der Waals surface area contributed by atoms with E-state index in [1.165, 1.54) is 25.6 Å². The van der Waals surface area contributed by atoms with Crippen LogP contribution in [0.2, 0.25) is 10.0 Å². The Bertz CT molecular complexity index is 924. The van der Waals surface area contributed by atoms with Gasteiger partial charge in [-0.1, -0.05) is 23.2 Å². The van der Waals surface area contributed by atoms with Crippen molar-refractivity contribution < 1.29 is 19.8 Å². The summed E-state index contributed by atoms with van der Waals surface area (Å²) in [5, 5.41) is 12.7. The summed E-state index contributed by atoms with van der Waals surface area (Å²) in [4.78, 5) is 8.28. The monoisotopic (exact) mass is 369 g/mol. The van der Waals surface area contributed by atoms with E-state index in [0.29, 0.717) is 28.2 Å². The van der Waals surface area contributed by atoms with E-state index in [0.717, 1.165) is 5.48 Å². The Morgan fingerprint density at radius 2 is 2.04 bits per heavy atom. The fraction of sp³-hybridized carbons (Fsp3) is 0.0667. The lowest BCUT2D eigenvalue weighted by Crippen LogP contribution is -2.73.